The van der Waals surface area contributed by atoms with Crippen LogP contribution in [0.15, 0.2) is 27.1 Å². The molecule has 1 heterocycles. The Kier molecular flexibility index (Phi) is 5.23. The molecular formula is C14H17Br2NO3. The molecule has 0 aromatic heterocycles. The first-order chi connectivity index (χ1) is 9.41. The van der Waals surface area contributed by atoms with E-state index in [-0.39, 0.29) is 5.91 Å². The van der Waals surface area contributed by atoms with E-state index in [0.717, 1.165) is 8.95 Å². The number of aliphatic hydroxyl groups is 1. The highest BCUT2D eigenvalue weighted by Crippen LogP contribution is 2.25. The van der Waals surface area contributed by atoms with Crippen LogP contribution in [0, 0.1) is 0 Å². The molecule has 0 aliphatic carbocycles. The van der Waals surface area contributed by atoms with E-state index in [4.69, 9.17) is 4.74 Å². The Labute approximate surface area is 135 Å². The molecule has 1 N–H and O–H groups in total. The molecule has 20 heavy (non-hydrogen) atoms. The average Bonchev–Trinajstić information content (AvgIpc) is 2.38. The number of carbonyl (C=O) groups excluding carboxylic acids is 1. The summed E-state index contributed by atoms with van der Waals surface area (Å²) in [7, 11) is 1.71. The average molecular weight is 407 g/mol. The Morgan fingerprint density at radius 2 is 2.05 bits per heavy atom. The molecular weight excluding hydrogens is 390 g/mol. The van der Waals surface area contributed by atoms with Crippen molar-refractivity contribution in [3.63, 3.8) is 0 Å². The topological polar surface area (TPSA) is 49.8 Å². The van der Waals surface area contributed by atoms with E-state index in [9.17, 15) is 9.90 Å². The van der Waals surface area contributed by atoms with Crippen LogP contribution in [0.1, 0.15) is 23.2 Å². The number of amides is 1. The molecule has 2 rings (SSSR count). The standard InChI is InChI=1S/C14H17Br2NO3/c1-17(9-14(19)4-6-20-7-5-14)13(18)11-3-2-10(15)8-12(11)16/h2-3,8,19H,4-7,9H2,1H3. The first-order valence-electron chi connectivity index (χ1n) is 6.42. The molecule has 0 bridgehead atoms. The van der Waals surface area contributed by atoms with E-state index in [1.165, 1.54) is 0 Å². The molecule has 1 amide bonds. The monoisotopic (exact) mass is 405 g/mol. The second-order valence-corrected chi connectivity index (χ2v) is 6.89. The molecule has 4 nitrogen and oxygen atoms in total. The molecule has 0 saturated carbocycles. The third-order valence-corrected chi connectivity index (χ3v) is 4.61. The molecule has 0 spiro atoms. The fourth-order valence-corrected chi connectivity index (χ4v) is 3.51. The molecule has 1 aliphatic heterocycles. The van der Waals surface area contributed by atoms with Crippen molar-refractivity contribution >= 4 is 37.8 Å². The summed E-state index contributed by atoms with van der Waals surface area (Å²) < 4.78 is 6.90. The van der Waals surface area contributed by atoms with E-state index in [1.807, 2.05) is 12.1 Å². The summed E-state index contributed by atoms with van der Waals surface area (Å²) in [5.74, 6) is -0.107. The summed E-state index contributed by atoms with van der Waals surface area (Å²) in [5, 5.41) is 10.5. The molecule has 0 radical (unpaired) electrons. The maximum atomic E-state index is 12.4. The minimum absolute atomic E-state index is 0.107. The smallest absolute Gasteiger partial charge is 0.254 e. The summed E-state index contributed by atoms with van der Waals surface area (Å²) in [6, 6.07) is 5.43. The number of likely N-dealkylation sites (N-methyl/N-ethyl adjacent to an activating group) is 1. The van der Waals surface area contributed by atoms with E-state index in [1.54, 1.807) is 18.0 Å². The number of rotatable bonds is 3. The Bertz CT molecular complexity index is 501. The maximum Gasteiger partial charge on any atom is 0.254 e. The number of carbonyl (C=O) groups is 1. The lowest BCUT2D eigenvalue weighted by atomic mass is 9.94. The van der Waals surface area contributed by atoms with Crippen LogP contribution >= 0.6 is 31.9 Å². The van der Waals surface area contributed by atoms with Crippen molar-refractivity contribution in [1.82, 2.24) is 4.90 Å². The molecule has 6 heteroatoms. The highest BCUT2D eigenvalue weighted by atomic mass is 79.9. The van der Waals surface area contributed by atoms with Gasteiger partial charge in [-0.1, -0.05) is 15.9 Å². The zero-order valence-electron chi connectivity index (χ0n) is 11.2. The van der Waals surface area contributed by atoms with Gasteiger partial charge in [0.25, 0.3) is 5.91 Å². The third kappa shape index (κ3) is 3.81. The van der Waals surface area contributed by atoms with Crippen molar-refractivity contribution in [2.24, 2.45) is 0 Å². The van der Waals surface area contributed by atoms with Crippen LogP contribution < -0.4 is 0 Å². The van der Waals surface area contributed by atoms with Gasteiger partial charge in [0.2, 0.25) is 0 Å². The fourth-order valence-electron chi connectivity index (χ4n) is 2.29. The highest BCUT2D eigenvalue weighted by Gasteiger charge is 2.32. The van der Waals surface area contributed by atoms with Crippen molar-refractivity contribution < 1.29 is 14.6 Å². The summed E-state index contributed by atoms with van der Waals surface area (Å²) in [6.45, 7) is 1.40. The molecule has 1 aromatic rings. The van der Waals surface area contributed by atoms with Gasteiger partial charge in [0.1, 0.15) is 0 Å². The number of hydrogen-bond donors (Lipinski definition) is 1. The largest absolute Gasteiger partial charge is 0.388 e. The number of halogens is 2. The van der Waals surface area contributed by atoms with Crippen LogP contribution in [0.4, 0.5) is 0 Å². The second kappa shape index (κ2) is 6.56. The molecule has 1 fully saturated rings. The van der Waals surface area contributed by atoms with E-state index < -0.39 is 5.60 Å². The molecule has 1 saturated heterocycles. The molecule has 110 valence electrons. The van der Waals surface area contributed by atoms with Crippen molar-refractivity contribution in [3.05, 3.63) is 32.7 Å². The van der Waals surface area contributed by atoms with Gasteiger partial charge in [-0.25, -0.2) is 0 Å². The van der Waals surface area contributed by atoms with Gasteiger partial charge in [0.15, 0.2) is 0 Å². The van der Waals surface area contributed by atoms with Crippen LogP contribution in [-0.4, -0.2) is 48.3 Å². The van der Waals surface area contributed by atoms with Crippen molar-refractivity contribution in [2.75, 3.05) is 26.8 Å². The number of ether oxygens (including phenoxy) is 1. The van der Waals surface area contributed by atoms with Gasteiger partial charge in [0, 0.05) is 48.6 Å². The first kappa shape index (κ1) is 15.9. The zero-order valence-corrected chi connectivity index (χ0v) is 14.4. The molecule has 0 unspecified atom stereocenters. The van der Waals surface area contributed by atoms with Crippen molar-refractivity contribution in [1.29, 1.82) is 0 Å². The Hall–Kier alpha value is -0.430. The Morgan fingerprint density at radius 3 is 2.65 bits per heavy atom. The summed E-state index contributed by atoms with van der Waals surface area (Å²) in [6.07, 6.45) is 1.12. The van der Waals surface area contributed by atoms with Crippen LogP contribution in [0.5, 0.6) is 0 Å². The third-order valence-electron chi connectivity index (χ3n) is 3.46. The van der Waals surface area contributed by atoms with E-state index in [2.05, 4.69) is 31.9 Å². The zero-order chi connectivity index (χ0) is 14.8. The van der Waals surface area contributed by atoms with Gasteiger partial charge in [-0.15, -0.1) is 0 Å². The van der Waals surface area contributed by atoms with Crippen molar-refractivity contribution in [3.8, 4) is 0 Å². The van der Waals surface area contributed by atoms with Gasteiger partial charge in [-0.05, 0) is 34.1 Å². The highest BCUT2D eigenvalue weighted by molar-refractivity contribution is 9.11. The SMILES string of the molecule is CN(CC1(O)CCOCC1)C(=O)c1ccc(Br)cc1Br. The van der Waals surface area contributed by atoms with Gasteiger partial charge in [0.05, 0.1) is 11.2 Å². The maximum absolute atomic E-state index is 12.4. The quantitative estimate of drug-likeness (QED) is 0.839. The lowest BCUT2D eigenvalue weighted by molar-refractivity contribution is -0.0734. The lowest BCUT2D eigenvalue weighted by Crippen LogP contribution is -2.47. The number of nitrogens with zero attached hydrogens (tertiary/aromatic N) is 1. The van der Waals surface area contributed by atoms with Gasteiger partial charge < -0.3 is 14.7 Å². The molecule has 1 aliphatic rings. The number of hydrogen-bond acceptors (Lipinski definition) is 3. The summed E-state index contributed by atoms with van der Waals surface area (Å²) >= 11 is 6.76. The van der Waals surface area contributed by atoms with Gasteiger partial charge in [-0.2, -0.15) is 0 Å². The lowest BCUT2D eigenvalue weighted by Gasteiger charge is -2.35. The first-order valence-corrected chi connectivity index (χ1v) is 8.00. The van der Waals surface area contributed by atoms with Gasteiger partial charge in [-0.3, -0.25) is 4.79 Å². The minimum atomic E-state index is -0.843. The van der Waals surface area contributed by atoms with Gasteiger partial charge >= 0.3 is 0 Å². The van der Waals surface area contributed by atoms with Crippen molar-refractivity contribution in [2.45, 2.75) is 18.4 Å². The predicted molar refractivity (Wildman–Crippen MR) is 83.8 cm³/mol. The number of benzene rings is 1. The Morgan fingerprint density at radius 1 is 1.40 bits per heavy atom. The van der Waals surface area contributed by atoms with Crippen LogP contribution in [-0.2, 0) is 4.74 Å². The predicted octanol–water partition coefficient (Wildman–Crippen LogP) is 2.83. The summed E-state index contributed by atoms with van der Waals surface area (Å²) in [5.41, 5.74) is -0.254. The minimum Gasteiger partial charge on any atom is -0.388 e. The summed E-state index contributed by atoms with van der Waals surface area (Å²) in [4.78, 5) is 14.0. The van der Waals surface area contributed by atoms with Crippen LogP contribution in [0.25, 0.3) is 0 Å². The molecule has 0 atom stereocenters. The van der Waals surface area contributed by atoms with Crippen LogP contribution in [0.2, 0.25) is 0 Å². The van der Waals surface area contributed by atoms with E-state index in [0.29, 0.717) is 38.2 Å². The fraction of sp³-hybridized carbons (Fsp3) is 0.500. The van der Waals surface area contributed by atoms with Crippen LogP contribution in [0.3, 0.4) is 0 Å². The molecule has 1 aromatic carbocycles. The second-order valence-electron chi connectivity index (χ2n) is 5.12. The normalized spacial score (nSPS) is 17.8. The van der Waals surface area contributed by atoms with E-state index >= 15 is 0 Å². The Balaban J connectivity index is 2.08.